The van der Waals surface area contributed by atoms with Crippen LogP contribution >= 0.6 is 11.8 Å². The quantitative estimate of drug-likeness (QED) is 0.591. The zero-order valence-electron chi connectivity index (χ0n) is 15.3. The van der Waals surface area contributed by atoms with Crippen molar-refractivity contribution in [2.45, 2.75) is 37.8 Å². The third kappa shape index (κ3) is 3.72. The molecule has 1 aliphatic rings. The fourth-order valence-electron chi connectivity index (χ4n) is 2.69. The minimum absolute atomic E-state index is 0.250. The Labute approximate surface area is 157 Å². The van der Waals surface area contributed by atoms with Crippen LogP contribution in [0.25, 0.3) is 11.4 Å². The van der Waals surface area contributed by atoms with Gasteiger partial charge < -0.3 is 4.74 Å². The Balaban J connectivity index is 1.98. The zero-order valence-corrected chi connectivity index (χ0v) is 16.1. The van der Waals surface area contributed by atoms with Crippen LogP contribution in [0.4, 0.5) is 4.79 Å². The molecule has 0 saturated carbocycles. The molecule has 3 rings (SSSR count). The van der Waals surface area contributed by atoms with Crippen LogP contribution in [0.2, 0.25) is 0 Å². The molecule has 2 aromatic rings. The summed E-state index contributed by atoms with van der Waals surface area (Å²) in [6, 6.07) is 9.64. The van der Waals surface area contributed by atoms with Crippen LogP contribution in [0.5, 0.6) is 0 Å². The maximum Gasteiger partial charge on any atom is 0.417 e. The molecule has 0 N–H and O–H groups in total. The van der Waals surface area contributed by atoms with Crippen LogP contribution in [0.15, 0.2) is 35.4 Å². The molecule has 1 aromatic heterocycles. The molecule has 0 unspecified atom stereocenters. The number of hydrogen-bond acceptors (Lipinski definition) is 6. The highest BCUT2D eigenvalue weighted by Crippen LogP contribution is 2.29. The van der Waals surface area contributed by atoms with Crippen molar-refractivity contribution in [1.82, 2.24) is 14.9 Å². The maximum absolute atomic E-state index is 12.9. The number of carbonyl (C=O) groups excluding carboxylic acids is 2. The summed E-state index contributed by atoms with van der Waals surface area (Å²) in [6.45, 7) is 5.57. The summed E-state index contributed by atoms with van der Waals surface area (Å²) in [5.74, 6) is 0.191. The number of benzene rings is 1. The number of carbonyl (C=O) groups is 2. The highest BCUT2D eigenvalue weighted by atomic mass is 32.2. The SMILES string of the molecule is CSc1nc(-c2ccccc2)nc2c1C(=O)N(C(=O)OC(C)(C)C)CC2. The van der Waals surface area contributed by atoms with Gasteiger partial charge in [0.15, 0.2) is 5.82 Å². The van der Waals surface area contributed by atoms with Crippen molar-refractivity contribution >= 4 is 23.8 Å². The van der Waals surface area contributed by atoms with Gasteiger partial charge in [-0.15, -0.1) is 11.8 Å². The van der Waals surface area contributed by atoms with E-state index in [9.17, 15) is 9.59 Å². The first-order valence-corrected chi connectivity index (χ1v) is 9.58. The Morgan fingerprint density at radius 1 is 1.19 bits per heavy atom. The molecule has 0 fully saturated rings. The third-order valence-electron chi connectivity index (χ3n) is 3.82. The highest BCUT2D eigenvalue weighted by molar-refractivity contribution is 7.98. The number of imide groups is 1. The largest absolute Gasteiger partial charge is 0.443 e. The molecule has 0 aliphatic carbocycles. The molecule has 2 heterocycles. The smallest absolute Gasteiger partial charge is 0.417 e. The molecular weight excluding hydrogens is 350 g/mol. The molecule has 26 heavy (non-hydrogen) atoms. The van der Waals surface area contributed by atoms with Gasteiger partial charge in [-0.25, -0.2) is 19.7 Å². The molecule has 1 aromatic carbocycles. The van der Waals surface area contributed by atoms with Crippen LogP contribution in [-0.2, 0) is 11.2 Å². The molecule has 0 saturated heterocycles. The lowest BCUT2D eigenvalue weighted by atomic mass is 10.1. The first kappa shape index (κ1) is 18.4. The first-order chi connectivity index (χ1) is 12.3. The van der Waals surface area contributed by atoms with Crippen LogP contribution < -0.4 is 0 Å². The Bertz CT molecular complexity index is 830. The van der Waals surface area contributed by atoms with Gasteiger partial charge >= 0.3 is 6.09 Å². The Hall–Kier alpha value is -2.41. The third-order valence-corrected chi connectivity index (χ3v) is 4.50. The van der Waals surface area contributed by atoms with E-state index in [-0.39, 0.29) is 6.54 Å². The van der Waals surface area contributed by atoms with Crippen LogP contribution in [-0.4, -0.2) is 45.3 Å². The van der Waals surface area contributed by atoms with Crippen molar-refractivity contribution in [3.8, 4) is 11.4 Å². The lowest BCUT2D eigenvalue weighted by Gasteiger charge is -2.29. The van der Waals surface area contributed by atoms with Gasteiger partial charge in [0.25, 0.3) is 5.91 Å². The van der Waals surface area contributed by atoms with E-state index in [4.69, 9.17) is 4.74 Å². The average molecular weight is 371 g/mol. The van der Waals surface area contributed by atoms with Crippen LogP contribution in [0, 0.1) is 0 Å². The van der Waals surface area contributed by atoms with Gasteiger partial charge in [0.1, 0.15) is 10.6 Å². The molecule has 136 valence electrons. The van der Waals surface area contributed by atoms with Crippen LogP contribution in [0.3, 0.4) is 0 Å². The number of fused-ring (bicyclic) bond motifs is 1. The van der Waals surface area contributed by atoms with Gasteiger partial charge in [0, 0.05) is 18.5 Å². The summed E-state index contributed by atoms with van der Waals surface area (Å²) < 4.78 is 5.35. The lowest BCUT2D eigenvalue weighted by Crippen LogP contribution is -2.45. The number of thioether (sulfide) groups is 1. The van der Waals surface area contributed by atoms with Crippen LogP contribution in [0.1, 0.15) is 36.8 Å². The van der Waals surface area contributed by atoms with E-state index in [1.165, 1.54) is 11.8 Å². The molecule has 7 heteroatoms. The molecular formula is C19H21N3O3S. The van der Waals surface area contributed by atoms with Crippen molar-refractivity contribution < 1.29 is 14.3 Å². The summed E-state index contributed by atoms with van der Waals surface area (Å²) in [5.41, 5.74) is 1.31. The summed E-state index contributed by atoms with van der Waals surface area (Å²) in [6.07, 6.45) is 1.71. The van der Waals surface area contributed by atoms with E-state index < -0.39 is 17.6 Å². The minimum Gasteiger partial charge on any atom is -0.443 e. The summed E-state index contributed by atoms with van der Waals surface area (Å²) >= 11 is 1.37. The average Bonchev–Trinajstić information content (AvgIpc) is 2.60. The second-order valence-electron chi connectivity index (χ2n) is 6.93. The predicted molar refractivity (Wildman–Crippen MR) is 100 cm³/mol. The van der Waals surface area contributed by atoms with Gasteiger partial charge in [-0.05, 0) is 27.0 Å². The number of hydrogen-bond donors (Lipinski definition) is 0. The number of aromatic nitrogens is 2. The van der Waals surface area contributed by atoms with Gasteiger partial charge in [-0.3, -0.25) is 4.79 Å². The lowest BCUT2D eigenvalue weighted by molar-refractivity contribution is 0.0231. The summed E-state index contributed by atoms with van der Waals surface area (Å²) in [4.78, 5) is 35.5. The van der Waals surface area contributed by atoms with Crippen molar-refractivity contribution in [3.05, 3.63) is 41.6 Å². The van der Waals surface area contributed by atoms with E-state index in [2.05, 4.69) is 9.97 Å². The highest BCUT2D eigenvalue weighted by Gasteiger charge is 2.35. The van der Waals surface area contributed by atoms with E-state index in [0.717, 1.165) is 10.5 Å². The molecule has 0 atom stereocenters. The Morgan fingerprint density at radius 3 is 2.50 bits per heavy atom. The summed E-state index contributed by atoms with van der Waals surface area (Å²) in [7, 11) is 0. The molecule has 2 amide bonds. The normalized spacial score (nSPS) is 14.2. The monoisotopic (exact) mass is 371 g/mol. The second-order valence-corrected chi connectivity index (χ2v) is 7.73. The van der Waals surface area contributed by atoms with E-state index in [1.54, 1.807) is 20.8 Å². The van der Waals surface area contributed by atoms with Gasteiger partial charge in [-0.1, -0.05) is 30.3 Å². The molecule has 6 nitrogen and oxygen atoms in total. The Morgan fingerprint density at radius 2 is 1.88 bits per heavy atom. The fourth-order valence-corrected chi connectivity index (χ4v) is 3.28. The van der Waals surface area contributed by atoms with Crippen molar-refractivity contribution in [2.24, 2.45) is 0 Å². The minimum atomic E-state index is -0.659. The molecule has 0 radical (unpaired) electrons. The number of nitrogens with zero attached hydrogens (tertiary/aromatic N) is 3. The predicted octanol–water partition coefficient (Wildman–Crippen LogP) is 3.80. The standard InChI is InChI=1S/C19H21N3O3S/c1-19(2,3)25-18(24)22-11-10-13-14(17(22)23)16(26-4)21-15(20-13)12-8-6-5-7-9-12/h5-9H,10-11H2,1-4H3. The molecule has 0 spiro atoms. The summed E-state index contributed by atoms with van der Waals surface area (Å²) in [5, 5.41) is 0.576. The Kier molecular flexibility index (Phi) is 5.00. The zero-order chi connectivity index (χ0) is 18.9. The number of amides is 2. The van der Waals surface area contributed by atoms with E-state index in [1.807, 2.05) is 36.6 Å². The molecule has 1 aliphatic heterocycles. The maximum atomic E-state index is 12.9. The van der Waals surface area contributed by atoms with Crippen molar-refractivity contribution in [3.63, 3.8) is 0 Å². The topological polar surface area (TPSA) is 72.4 Å². The van der Waals surface area contributed by atoms with E-state index in [0.29, 0.717) is 28.5 Å². The number of ether oxygens (including phenoxy) is 1. The fraction of sp³-hybridized carbons (Fsp3) is 0.368. The van der Waals surface area contributed by atoms with Gasteiger partial charge in [0.2, 0.25) is 0 Å². The van der Waals surface area contributed by atoms with Gasteiger partial charge in [0.05, 0.1) is 11.3 Å². The number of rotatable bonds is 2. The second kappa shape index (κ2) is 7.07. The molecule has 0 bridgehead atoms. The van der Waals surface area contributed by atoms with Gasteiger partial charge in [-0.2, -0.15) is 0 Å². The van der Waals surface area contributed by atoms with Crippen molar-refractivity contribution in [2.75, 3.05) is 12.8 Å². The first-order valence-electron chi connectivity index (χ1n) is 8.35. The van der Waals surface area contributed by atoms with E-state index >= 15 is 0 Å². The van der Waals surface area contributed by atoms with Crippen molar-refractivity contribution in [1.29, 1.82) is 0 Å².